The molecule has 0 spiro atoms. The summed E-state index contributed by atoms with van der Waals surface area (Å²) >= 11 is 0. The van der Waals surface area contributed by atoms with Crippen LogP contribution in [0.4, 0.5) is 5.95 Å². The van der Waals surface area contributed by atoms with Crippen molar-refractivity contribution >= 4 is 11.9 Å². The molecular weight excluding hydrogens is 480 g/mol. The second-order valence-electron chi connectivity index (χ2n) is 9.14. The fourth-order valence-corrected chi connectivity index (χ4v) is 3.97. The van der Waals surface area contributed by atoms with Gasteiger partial charge in [-0.1, -0.05) is 72.8 Å². The number of nitrogens with zero attached hydrogens (tertiary/aromatic N) is 3. The number of rotatable bonds is 11. The fraction of sp³-hybridized carbons (Fsp3) is 0.233. The summed E-state index contributed by atoms with van der Waals surface area (Å²) in [4.78, 5) is 23.9. The molecule has 4 rings (SSSR count). The van der Waals surface area contributed by atoms with Gasteiger partial charge in [0.2, 0.25) is 5.95 Å². The molecule has 1 amide bonds. The molecule has 1 heterocycles. The fourth-order valence-electron chi connectivity index (χ4n) is 3.97. The summed E-state index contributed by atoms with van der Waals surface area (Å²) in [5.41, 5.74) is 3.22. The van der Waals surface area contributed by atoms with Gasteiger partial charge in [0.15, 0.2) is 0 Å². The third-order valence-electron chi connectivity index (χ3n) is 6.02. The number of ether oxygens (including phenoxy) is 1. The Hall–Kier alpha value is -4.27. The van der Waals surface area contributed by atoms with Crippen molar-refractivity contribution in [1.82, 2.24) is 15.3 Å². The third kappa shape index (κ3) is 6.94. The highest BCUT2D eigenvalue weighted by molar-refractivity contribution is 6.00. The Morgan fingerprint density at radius 2 is 1.71 bits per heavy atom. The first-order chi connectivity index (χ1) is 18.4. The molecule has 0 radical (unpaired) electrons. The lowest BCUT2D eigenvalue weighted by Crippen LogP contribution is -2.39. The molecule has 0 saturated heterocycles. The van der Waals surface area contributed by atoms with Gasteiger partial charge in [-0.15, -0.1) is 0 Å². The lowest BCUT2D eigenvalue weighted by molar-refractivity contribution is 0.0865. The van der Waals surface area contributed by atoms with Crippen LogP contribution < -0.4 is 15.0 Å². The van der Waals surface area contributed by atoms with E-state index in [0.29, 0.717) is 29.6 Å². The number of anilines is 1. The molecule has 8 heteroatoms. The lowest BCUT2D eigenvalue weighted by Gasteiger charge is -2.21. The highest BCUT2D eigenvalue weighted by atomic mass is 16.5. The Bertz CT molecular complexity index is 1330. The first kappa shape index (κ1) is 26.8. The van der Waals surface area contributed by atoms with Crippen LogP contribution in [0, 0.1) is 0 Å². The van der Waals surface area contributed by atoms with Crippen molar-refractivity contribution in [2.24, 2.45) is 0 Å². The molecule has 2 unspecified atom stereocenters. The van der Waals surface area contributed by atoms with Crippen molar-refractivity contribution in [3.8, 4) is 17.0 Å². The van der Waals surface area contributed by atoms with E-state index in [0.717, 1.165) is 11.1 Å². The first-order valence-electron chi connectivity index (χ1n) is 12.4. The summed E-state index contributed by atoms with van der Waals surface area (Å²) in [5, 5.41) is 23.7. The molecule has 8 nitrogen and oxygen atoms in total. The highest BCUT2D eigenvalue weighted by Gasteiger charge is 2.22. The number of carbonyl (C=O) groups excluding carboxylic acids is 1. The van der Waals surface area contributed by atoms with E-state index in [-0.39, 0.29) is 18.6 Å². The molecule has 0 saturated carbocycles. The first-order valence-corrected chi connectivity index (χ1v) is 12.4. The average Bonchev–Trinajstić information content (AvgIpc) is 2.96. The van der Waals surface area contributed by atoms with E-state index in [2.05, 4.69) is 15.3 Å². The molecule has 0 aliphatic rings. The van der Waals surface area contributed by atoms with Crippen LogP contribution in [0.2, 0.25) is 0 Å². The summed E-state index contributed by atoms with van der Waals surface area (Å²) in [5.74, 6) is 0.671. The Balaban J connectivity index is 1.45. The number of hydrogen-bond donors (Lipinski definition) is 3. The Labute approximate surface area is 222 Å². The molecule has 2 atom stereocenters. The summed E-state index contributed by atoms with van der Waals surface area (Å²) < 4.78 is 5.87. The number of benzene rings is 3. The molecule has 4 aromatic rings. The van der Waals surface area contributed by atoms with Crippen LogP contribution in [0.3, 0.4) is 0 Å². The summed E-state index contributed by atoms with van der Waals surface area (Å²) in [6.45, 7) is 0.0679. The Morgan fingerprint density at radius 3 is 2.39 bits per heavy atom. The van der Waals surface area contributed by atoms with Crippen molar-refractivity contribution < 1.29 is 19.7 Å². The van der Waals surface area contributed by atoms with Crippen LogP contribution in [0.5, 0.6) is 5.75 Å². The molecule has 3 aromatic carbocycles. The van der Waals surface area contributed by atoms with Crippen molar-refractivity contribution in [3.63, 3.8) is 0 Å². The molecule has 196 valence electrons. The molecule has 0 fully saturated rings. The van der Waals surface area contributed by atoms with Gasteiger partial charge in [-0.05, 0) is 29.7 Å². The zero-order valence-electron chi connectivity index (χ0n) is 21.5. The maximum atomic E-state index is 13.3. The number of aliphatic hydroxyl groups is 2. The molecular formula is C30H32N4O4. The van der Waals surface area contributed by atoms with Crippen LogP contribution in [0.25, 0.3) is 11.3 Å². The highest BCUT2D eigenvalue weighted by Crippen LogP contribution is 2.25. The van der Waals surface area contributed by atoms with E-state index in [1.165, 1.54) is 6.20 Å². The van der Waals surface area contributed by atoms with Crippen molar-refractivity contribution in [2.45, 2.75) is 25.2 Å². The van der Waals surface area contributed by atoms with Gasteiger partial charge >= 0.3 is 0 Å². The van der Waals surface area contributed by atoms with Crippen molar-refractivity contribution in [3.05, 3.63) is 108 Å². The second-order valence-corrected chi connectivity index (χ2v) is 9.14. The van der Waals surface area contributed by atoms with Gasteiger partial charge in [0.1, 0.15) is 12.4 Å². The van der Waals surface area contributed by atoms with Crippen LogP contribution in [0.1, 0.15) is 34.0 Å². The summed E-state index contributed by atoms with van der Waals surface area (Å²) in [6, 6.07) is 25.7. The molecule has 3 N–H and O–H groups in total. The van der Waals surface area contributed by atoms with Crippen molar-refractivity contribution in [1.29, 1.82) is 0 Å². The van der Waals surface area contributed by atoms with Gasteiger partial charge in [0.25, 0.3) is 5.91 Å². The molecule has 1 aromatic heterocycles. The topological polar surface area (TPSA) is 108 Å². The van der Waals surface area contributed by atoms with Gasteiger partial charge in [-0.2, -0.15) is 0 Å². The van der Waals surface area contributed by atoms with E-state index in [4.69, 9.17) is 4.74 Å². The zero-order valence-corrected chi connectivity index (χ0v) is 21.5. The third-order valence-corrected chi connectivity index (χ3v) is 6.02. The maximum absolute atomic E-state index is 13.3. The van der Waals surface area contributed by atoms with Gasteiger partial charge in [0.05, 0.1) is 30.0 Å². The predicted octanol–water partition coefficient (Wildman–Crippen LogP) is 4.00. The van der Waals surface area contributed by atoms with E-state index < -0.39 is 18.1 Å². The predicted molar refractivity (Wildman–Crippen MR) is 147 cm³/mol. The van der Waals surface area contributed by atoms with Crippen LogP contribution >= 0.6 is 0 Å². The van der Waals surface area contributed by atoms with Crippen LogP contribution in [0.15, 0.2) is 91.1 Å². The summed E-state index contributed by atoms with van der Waals surface area (Å²) in [6.07, 6.45) is 0.675. The van der Waals surface area contributed by atoms with Gasteiger partial charge < -0.3 is 25.2 Å². The Morgan fingerprint density at radius 1 is 1.00 bits per heavy atom. The second kappa shape index (κ2) is 12.8. The lowest BCUT2D eigenvalue weighted by atomic mass is 10.0. The minimum Gasteiger partial charge on any atom is -0.489 e. The smallest absolute Gasteiger partial charge is 0.255 e. The number of aliphatic hydroxyl groups excluding tert-OH is 2. The Kier molecular flexibility index (Phi) is 9.02. The van der Waals surface area contributed by atoms with Gasteiger partial charge in [0, 0.05) is 25.9 Å². The molecule has 38 heavy (non-hydrogen) atoms. The van der Waals surface area contributed by atoms with E-state index >= 15 is 0 Å². The quantitative estimate of drug-likeness (QED) is 0.279. The molecule has 0 aliphatic heterocycles. The molecule has 0 aliphatic carbocycles. The van der Waals surface area contributed by atoms with E-state index in [1.807, 2.05) is 80.8 Å². The van der Waals surface area contributed by atoms with E-state index in [9.17, 15) is 15.0 Å². The maximum Gasteiger partial charge on any atom is 0.255 e. The van der Waals surface area contributed by atoms with Crippen molar-refractivity contribution in [2.75, 3.05) is 25.6 Å². The standard InChI is InChI=1S/C30H32N4O4/c1-34(2)30-31-18-26(28(33-30)22-12-7-4-8-13-22)29(37)32-24(19-35)17-27(36)23-14-9-15-25(16-23)38-20-21-10-5-3-6-11-21/h3-16,18,24,27,35-36H,17,19-20H2,1-2H3,(H,32,37). The number of carbonyl (C=O) groups is 1. The number of nitrogens with one attached hydrogen (secondary N) is 1. The monoisotopic (exact) mass is 512 g/mol. The van der Waals surface area contributed by atoms with E-state index in [1.54, 1.807) is 23.1 Å². The normalized spacial score (nSPS) is 12.4. The largest absolute Gasteiger partial charge is 0.489 e. The molecule has 0 bridgehead atoms. The van der Waals surface area contributed by atoms with Crippen LogP contribution in [-0.4, -0.2) is 52.8 Å². The average molecular weight is 513 g/mol. The van der Waals surface area contributed by atoms with Crippen LogP contribution in [-0.2, 0) is 6.61 Å². The van der Waals surface area contributed by atoms with Gasteiger partial charge in [-0.3, -0.25) is 4.79 Å². The number of hydrogen-bond acceptors (Lipinski definition) is 7. The minimum absolute atomic E-state index is 0.113. The summed E-state index contributed by atoms with van der Waals surface area (Å²) in [7, 11) is 3.66. The zero-order chi connectivity index (χ0) is 26.9. The number of amides is 1. The van der Waals surface area contributed by atoms with Gasteiger partial charge in [-0.25, -0.2) is 9.97 Å². The number of aromatic nitrogens is 2. The SMILES string of the molecule is CN(C)c1ncc(C(=O)NC(CO)CC(O)c2cccc(OCc3ccccc3)c2)c(-c2ccccc2)n1. The minimum atomic E-state index is -0.923.